The van der Waals surface area contributed by atoms with Crippen LogP contribution in [0.5, 0.6) is 0 Å². The third-order valence-electron chi connectivity index (χ3n) is 6.43. The van der Waals surface area contributed by atoms with Crippen molar-refractivity contribution in [3.63, 3.8) is 0 Å². The average molecular weight is 472 g/mol. The first-order valence-corrected chi connectivity index (χ1v) is 11.6. The van der Waals surface area contributed by atoms with Gasteiger partial charge in [0, 0.05) is 37.9 Å². The van der Waals surface area contributed by atoms with Crippen LogP contribution in [0, 0.1) is 19.7 Å². The number of carbonyl (C=O) groups excluding carboxylic acids is 1. The number of anilines is 1. The minimum absolute atomic E-state index is 0.211. The molecule has 0 atom stereocenters. The first-order chi connectivity index (χ1) is 16.9. The van der Waals surface area contributed by atoms with Crippen molar-refractivity contribution in [2.75, 3.05) is 31.1 Å². The first-order valence-electron chi connectivity index (χ1n) is 11.6. The standard InChI is InChI=1S/C27H26FN5O2/c1-18-5-8-20(9-6-18)17-33-24-23(4-3-11-29-24)30-25(27(33)35)31-12-14-32(15-13-31)26(34)21-10-7-19(2)22(28)16-21/h3-11,16H,12-15,17H2,1-2H3. The van der Waals surface area contributed by atoms with Crippen molar-refractivity contribution in [1.29, 1.82) is 0 Å². The van der Waals surface area contributed by atoms with E-state index in [0.717, 1.165) is 11.1 Å². The Labute approximate surface area is 202 Å². The van der Waals surface area contributed by atoms with Crippen LogP contribution in [0.15, 0.2) is 65.6 Å². The van der Waals surface area contributed by atoms with E-state index in [0.29, 0.717) is 60.8 Å². The van der Waals surface area contributed by atoms with Crippen LogP contribution in [0.3, 0.4) is 0 Å². The Morgan fingerprint density at radius 1 is 1.00 bits per heavy atom. The minimum Gasteiger partial charge on any atom is -0.348 e. The quantitative estimate of drug-likeness (QED) is 0.455. The van der Waals surface area contributed by atoms with Crippen molar-refractivity contribution in [2.45, 2.75) is 20.4 Å². The van der Waals surface area contributed by atoms with Gasteiger partial charge in [0.25, 0.3) is 11.5 Å². The summed E-state index contributed by atoms with van der Waals surface area (Å²) in [6.07, 6.45) is 1.66. The molecule has 35 heavy (non-hydrogen) atoms. The summed E-state index contributed by atoms with van der Waals surface area (Å²) in [5, 5.41) is 0. The SMILES string of the molecule is Cc1ccc(Cn2c(=O)c(N3CCN(C(=O)c4ccc(C)c(F)c4)CC3)nc3cccnc32)cc1. The minimum atomic E-state index is -0.391. The van der Waals surface area contributed by atoms with Crippen LogP contribution < -0.4 is 10.5 Å². The number of rotatable bonds is 4. The molecular formula is C27H26FN5O2. The van der Waals surface area contributed by atoms with Crippen molar-refractivity contribution < 1.29 is 9.18 Å². The lowest BCUT2D eigenvalue weighted by atomic mass is 10.1. The van der Waals surface area contributed by atoms with Crippen molar-refractivity contribution in [2.24, 2.45) is 0 Å². The monoisotopic (exact) mass is 471 g/mol. The van der Waals surface area contributed by atoms with Gasteiger partial charge in [-0.25, -0.2) is 14.4 Å². The predicted octanol–water partition coefficient (Wildman–Crippen LogP) is 3.56. The Kier molecular flexibility index (Phi) is 6.03. The third-order valence-corrected chi connectivity index (χ3v) is 6.43. The molecule has 5 rings (SSSR count). The molecule has 1 aliphatic rings. The molecule has 1 fully saturated rings. The van der Waals surface area contributed by atoms with E-state index < -0.39 is 5.82 Å². The highest BCUT2D eigenvalue weighted by atomic mass is 19.1. The third kappa shape index (κ3) is 4.51. The average Bonchev–Trinajstić information content (AvgIpc) is 2.88. The van der Waals surface area contributed by atoms with Crippen LogP contribution in [0.25, 0.3) is 11.2 Å². The second-order valence-corrected chi connectivity index (χ2v) is 8.90. The molecule has 0 unspecified atom stereocenters. The number of hydrogen-bond acceptors (Lipinski definition) is 5. The van der Waals surface area contributed by atoms with Crippen LogP contribution >= 0.6 is 0 Å². The summed E-state index contributed by atoms with van der Waals surface area (Å²) >= 11 is 0. The molecule has 8 heteroatoms. The van der Waals surface area contributed by atoms with Gasteiger partial charge in [-0.05, 0) is 49.2 Å². The maximum atomic E-state index is 13.9. The van der Waals surface area contributed by atoms with E-state index in [2.05, 4.69) is 9.97 Å². The molecule has 178 valence electrons. The van der Waals surface area contributed by atoms with Gasteiger partial charge < -0.3 is 9.80 Å². The van der Waals surface area contributed by atoms with Crippen LogP contribution in [0.2, 0.25) is 0 Å². The second kappa shape index (κ2) is 9.29. The number of fused-ring (bicyclic) bond motifs is 1. The molecule has 0 spiro atoms. The number of amides is 1. The maximum absolute atomic E-state index is 13.9. The molecule has 2 aromatic carbocycles. The number of halogens is 1. The summed E-state index contributed by atoms with van der Waals surface area (Å²) in [6, 6.07) is 16.3. The molecule has 0 N–H and O–H groups in total. The van der Waals surface area contributed by atoms with Gasteiger partial charge in [-0.15, -0.1) is 0 Å². The molecular weight excluding hydrogens is 445 g/mol. The molecule has 1 amide bonds. The number of hydrogen-bond donors (Lipinski definition) is 0. The zero-order valence-electron chi connectivity index (χ0n) is 19.7. The lowest BCUT2D eigenvalue weighted by Crippen LogP contribution is -2.50. The molecule has 2 aromatic heterocycles. The first kappa shape index (κ1) is 22.7. The summed E-state index contributed by atoms with van der Waals surface area (Å²) in [7, 11) is 0. The van der Waals surface area contributed by atoms with Gasteiger partial charge in [-0.3, -0.25) is 14.2 Å². The molecule has 0 aliphatic carbocycles. The largest absolute Gasteiger partial charge is 0.348 e. The lowest BCUT2D eigenvalue weighted by Gasteiger charge is -2.35. The number of benzene rings is 2. The zero-order chi connectivity index (χ0) is 24.5. The Bertz CT molecular complexity index is 1460. The number of piperazine rings is 1. The van der Waals surface area contributed by atoms with E-state index in [1.54, 1.807) is 40.8 Å². The predicted molar refractivity (Wildman–Crippen MR) is 133 cm³/mol. The van der Waals surface area contributed by atoms with Gasteiger partial charge >= 0.3 is 0 Å². The molecule has 3 heterocycles. The summed E-state index contributed by atoms with van der Waals surface area (Å²) in [5.74, 6) is -0.250. The highest BCUT2D eigenvalue weighted by molar-refractivity contribution is 5.94. The smallest absolute Gasteiger partial charge is 0.295 e. The Morgan fingerprint density at radius 3 is 2.46 bits per heavy atom. The molecule has 0 saturated carbocycles. The van der Waals surface area contributed by atoms with Crippen molar-refractivity contribution in [3.05, 3.63) is 99.2 Å². The van der Waals surface area contributed by atoms with E-state index in [1.165, 1.54) is 6.07 Å². The van der Waals surface area contributed by atoms with Gasteiger partial charge in [-0.2, -0.15) is 0 Å². The number of aryl methyl sites for hydroxylation is 2. The van der Waals surface area contributed by atoms with Crippen molar-refractivity contribution >= 4 is 22.9 Å². The molecule has 1 saturated heterocycles. The molecule has 0 bridgehead atoms. The Balaban J connectivity index is 1.41. The summed E-state index contributed by atoms with van der Waals surface area (Å²) in [6.45, 7) is 5.82. The Morgan fingerprint density at radius 2 is 1.74 bits per heavy atom. The van der Waals surface area contributed by atoms with Crippen LogP contribution in [-0.4, -0.2) is 51.5 Å². The Hall–Kier alpha value is -4.07. The van der Waals surface area contributed by atoms with Gasteiger partial charge in [0.2, 0.25) is 0 Å². The maximum Gasteiger partial charge on any atom is 0.295 e. The van der Waals surface area contributed by atoms with Gasteiger partial charge in [0.15, 0.2) is 11.5 Å². The fourth-order valence-corrected chi connectivity index (χ4v) is 4.32. The molecule has 7 nitrogen and oxygen atoms in total. The number of carbonyl (C=O) groups is 1. The van der Waals surface area contributed by atoms with E-state index in [4.69, 9.17) is 0 Å². The van der Waals surface area contributed by atoms with Gasteiger partial charge in [0.1, 0.15) is 11.3 Å². The van der Waals surface area contributed by atoms with E-state index in [-0.39, 0.29) is 11.5 Å². The van der Waals surface area contributed by atoms with Crippen molar-refractivity contribution in [3.8, 4) is 0 Å². The van der Waals surface area contributed by atoms with Crippen LogP contribution in [0.4, 0.5) is 10.2 Å². The fourth-order valence-electron chi connectivity index (χ4n) is 4.32. The summed E-state index contributed by atoms with van der Waals surface area (Å²) < 4.78 is 15.6. The summed E-state index contributed by atoms with van der Waals surface area (Å²) in [4.78, 5) is 39.1. The van der Waals surface area contributed by atoms with Crippen LogP contribution in [0.1, 0.15) is 27.0 Å². The highest BCUT2D eigenvalue weighted by Crippen LogP contribution is 2.18. The van der Waals surface area contributed by atoms with E-state index >= 15 is 0 Å². The van der Waals surface area contributed by atoms with Crippen molar-refractivity contribution in [1.82, 2.24) is 19.4 Å². The number of aromatic nitrogens is 3. The molecule has 1 aliphatic heterocycles. The summed E-state index contributed by atoms with van der Waals surface area (Å²) in [5.41, 5.74) is 3.96. The van der Waals surface area contributed by atoms with E-state index in [1.807, 2.05) is 42.2 Å². The fraction of sp³-hybridized carbons (Fsp3) is 0.259. The van der Waals surface area contributed by atoms with Gasteiger partial charge in [-0.1, -0.05) is 35.9 Å². The zero-order valence-corrected chi connectivity index (χ0v) is 19.7. The number of pyridine rings is 1. The second-order valence-electron chi connectivity index (χ2n) is 8.90. The molecule has 0 radical (unpaired) electrons. The van der Waals surface area contributed by atoms with Crippen LogP contribution in [-0.2, 0) is 6.54 Å². The molecule has 4 aromatic rings. The number of nitrogens with zero attached hydrogens (tertiary/aromatic N) is 5. The van der Waals surface area contributed by atoms with Gasteiger partial charge in [0.05, 0.1) is 6.54 Å². The topological polar surface area (TPSA) is 71.3 Å². The van der Waals surface area contributed by atoms with E-state index in [9.17, 15) is 14.0 Å². The highest BCUT2D eigenvalue weighted by Gasteiger charge is 2.26. The normalized spacial score (nSPS) is 13.9. The lowest BCUT2D eigenvalue weighted by molar-refractivity contribution is 0.0746.